The van der Waals surface area contributed by atoms with Gasteiger partial charge in [0, 0.05) is 16.1 Å². The molecule has 0 bridgehead atoms. The summed E-state index contributed by atoms with van der Waals surface area (Å²) in [5.41, 5.74) is 1.38. The van der Waals surface area contributed by atoms with Crippen LogP contribution in [0.15, 0.2) is 34.8 Å². The second kappa shape index (κ2) is 7.90. The van der Waals surface area contributed by atoms with Gasteiger partial charge in [-0.25, -0.2) is 0 Å². The molecule has 0 spiro atoms. The summed E-state index contributed by atoms with van der Waals surface area (Å²) < 4.78 is 11.4. The molecule has 2 aromatic rings. The SMILES string of the molecule is COc1cc(Cl)c(C)cc1NC(=O)COc1ccc(Cl)cc1Br. The molecule has 1 amide bonds. The minimum absolute atomic E-state index is 0.148. The van der Waals surface area contributed by atoms with Crippen molar-refractivity contribution in [1.82, 2.24) is 0 Å². The van der Waals surface area contributed by atoms with Crippen molar-refractivity contribution >= 4 is 50.7 Å². The van der Waals surface area contributed by atoms with E-state index in [0.29, 0.717) is 31.7 Å². The first-order chi connectivity index (χ1) is 10.9. The highest BCUT2D eigenvalue weighted by molar-refractivity contribution is 9.10. The first kappa shape index (κ1) is 17.9. The van der Waals surface area contributed by atoms with Gasteiger partial charge in [-0.1, -0.05) is 23.2 Å². The van der Waals surface area contributed by atoms with E-state index in [1.807, 2.05) is 6.92 Å². The Morgan fingerprint density at radius 2 is 1.96 bits per heavy atom. The second-order valence-electron chi connectivity index (χ2n) is 4.71. The molecule has 2 rings (SSSR count). The van der Waals surface area contributed by atoms with E-state index >= 15 is 0 Å². The molecule has 0 unspecified atom stereocenters. The smallest absolute Gasteiger partial charge is 0.262 e. The highest BCUT2D eigenvalue weighted by Gasteiger charge is 2.11. The molecule has 0 saturated carbocycles. The molecule has 4 nitrogen and oxygen atoms in total. The molecular formula is C16H14BrCl2NO3. The van der Waals surface area contributed by atoms with E-state index in [-0.39, 0.29) is 12.5 Å². The number of ether oxygens (including phenoxy) is 2. The summed E-state index contributed by atoms with van der Waals surface area (Å²) in [4.78, 5) is 12.1. The number of aryl methyl sites for hydroxylation is 1. The maximum atomic E-state index is 12.1. The van der Waals surface area contributed by atoms with Crippen molar-refractivity contribution in [2.45, 2.75) is 6.92 Å². The molecule has 0 radical (unpaired) electrons. The molecule has 1 N–H and O–H groups in total. The average molecular weight is 419 g/mol. The van der Waals surface area contributed by atoms with E-state index in [1.165, 1.54) is 7.11 Å². The van der Waals surface area contributed by atoms with Crippen molar-refractivity contribution in [1.29, 1.82) is 0 Å². The Hall–Kier alpha value is -1.43. The first-order valence-corrected chi connectivity index (χ1v) is 8.17. The van der Waals surface area contributed by atoms with Gasteiger partial charge < -0.3 is 14.8 Å². The predicted octanol–water partition coefficient (Wildman–Crippen LogP) is 5.09. The monoisotopic (exact) mass is 417 g/mol. The fraction of sp³-hybridized carbons (Fsp3) is 0.188. The number of benzene rings is 2. The van der Waals surface area contributed by atoms with Crippen LogP contribution in [0.25, 0.3) is 0 Å². The van der Waals surface area contributed by atoms with Gasteiger partial charge in [0.05, 0.1) is 17.3 Å². The van der Waals surface area contributed by atoms with Crippen LogP contribution in [0, 0.1) is 6.92 Å². The topological polar surface area (TPSA) is 47.6 Å². The molecule has 2 aromatic carbocycles. The summed E-state index contributed by atoms with van der Waals surface area (Å²) in [5.74, 6) is 0.706. The molecule has 0 aliphatic heterocycles. The van der Waals surface area contributed by atoms with Crippen molar-refractivity contribution < 1.29 is 14.3 Å². The lowest BCUT2D eigenvalue weighted by Gasteiger charge is -2.13. The summed E-state index contributed by atoms with van der Waals surface area (Å²) in [6.07, 6.45) is 0. The summed E-state index contributed by atoms with van der Waals surface area (Å²) in [7, 11) is 1.51. The molecule has 0 fully saturated rings. The average Bonchev–Trinajstić information content (AvgIpc) is 2.49. The van der Waals surface area contributed by atoms with E-state index < -0.39 is 0 Å². The highest BCUT2D eigenvalue weighted by Crippen LogP contribution is 2.31. The van der Waals surface area contributed by atoms with Gasteiger partial charge in [-0.05, 0) is 52.7 Å². The van der Waals surface area contributed by atoms with Crippen LogP contribution in [-0.4, -0.2) is 19.6 Å². The van der Waals surface area contributed by atoms with Crippen molar-refractivity contribution in [3.63, 3.8) is 0 Å². The standard InChI is InChI=1S/C16H14BrCl2NO3/c1-9-5-13(15(22-2)7-12(9)19)20-16(21)8-23-14-4-3-10(18)6-11(14)17/h3-7H,8H2,1-2H3,(H,20,21). The number of carbonyl (C=O) groups is 1. The van der Waals surface area contributed by atoms with E-state index in [9.17, 15) is 4.79 Å². The van der Waals surface area contributed by atoms with Crippen LogP contribution < -0.4 is 14.8 Å². The van der Waals surface area contributed by atoms with Crippen LogP contribution in [-0.2, 0) is 4.79 Å². The number of carbonyl (C=O) groups excluding carboxylic acids is 1. The normalized spacial score (nSPS) is 10.3. The third kappa shape index (κ3) is 4.77. The largest absolute Gasteiger partial charge is 0.495 e. The summed E-state index contributed by atoms with van der Waals surface area (Å²) in [6.45, 7) is 1.70. The molecule has 23 heavy (non-hydrogen) atoms. The lowest BCUT2D eigenvalue weighted by Crippen LogP contribution is -2.20. The Kier molecular flexibility index (Phi) is 6.16. The summed E-state index contributed by atoms with van der Waals surface area (Å²) >= 11 is 15.2. The van der Waals surface area contributed by atoms with Crippen molar-refractivity contribution in [2.75, 3.05) is 19.0 Å². The zero-order chi connectivity index (χ0) is 17.0. The van der Waals surface area contributed by atoms with Crippen LogP contribution in [0.3, 0.4) is 0 Å². The Labute approximate surface area is 152 Å². The molecule has 0 heterocycles. The minimum atomic E-state index is -0.313. The molecule has 0 aliphatic carbocycles. The minimum Gasteiger partial charge on any atom is -0.495 e. The first-order valence-electron chi connectivity index (χ1n) is 6.62. The van der Waals surface area contributed by atoms with Crippen molar-refractivity contribution in [3.8, 4) is 11.5 Å². The predicted molar refractivity (Wildman–Crippen MR) is 96.0 cm³/mol. The number of halogens is 3. The molecule has 0 aromatic heterocycles. The van der Waals surface area contributed by atoms with Crippen molar-refractivity contribution in [2.24, 2.45) is 0 Å². The summed E-state index contributed by atoms with van der Waals surface area (Å²) in [6, 6.07) is 8.47. The maximum absolute atomic E-state index is 12.1. The van der Waals surface area contributed by atoms with Crippen LogP contribution in [0.4, 0.5) is 5.69 Å². The number of methoxy groups -OCH3 is 1. The lowest BCUT2D eigenvalue weighted by atomic mass is 10.2. The van der Waals surface area contributed by atoms with Gasteiger partial charge in [0.25, 0.3) is 5.91 Å². The van der Waals surface area contributed by atoms with Crippen LogP contribution in [0.1, 0.15) is 5.56 Å². The Morgan fingerprint density at radius 3 is 2.61 bits per heavy atom. The zero-order valence-electron chi connectivity index (χ0n) is 12.5. The van der Waals surface area contributed by atoms with Crippen LogP contribution in [0.5, 0.6) is 11.5 Å². The van der Waals surface area contributed by atoms with E-state index in [1.54, 1.807) is 30.3 Å². The zero-order valence-corrected chi connectivity index (χ0v) is 15.6. The highest BCUT2D eigenvalue weighted by atomic mass is 79.9. The molecule has 0 atom stereocenters. The quantitative estimate of drug-likeness (QED) is 0.735. The molecule has 122 valence electrons. The molecule has 0 aliphatic rings. The van der Waals surface area contributed by atoms with Crippen LogP contribution in [0.2, 0.25) is 10.0 Å². The number of rotatable bonds is 5. The van der Waals surface area contributed by atoms with E-state index in [2.05, 4.69) is 21.2 Å². The Bertz CT molecular complexity index is 738. The number of nitrogens with one attached hydrogen (secondary N) is 1. The van der Waals surface area contributed by atoms with Crippen LogP contribution >= 0.6 is 39.1 Å². The van der Waals surface area contributed by atoms with Gasteiger partial charge in [-0.15, -0.1) is 0 Å². The van der Waals surface area contributed by atoms with Gasteiger partial charge >= 0.3 is 0 Å². The third-order valence-corrected chi connectivity index (χ3v) is 4.27. The van der Waals surface area contributed by atoms with Gasteiger partial charge in [0.2, 0.25) is 0 Å². The van der Waals surface area contributed by atoms with Gasteiger partial charge in [-0.3, -0.25) is 4.79 Å². The van der Waals surface area contributed by atoms with E-state index in [0.717, 1.165) is 5.56 Å². The molecular weight excluding hydrogens is 405 g/mol. The number of amides is 1. The van der Waals surface area contributed by atoms with Gasteiger partial charge in [-0.2, -0.15) is 0 Å². The Morgan fingerprint density at radius 1 is 1.22 bits per heavy atom. The fourth-order valence-electron chi connectivity index (χ4n) is 1.85. The molecule has 0 saturated heterocycles. The number of anilines is 1. The Balaban J connectivity index is 2.04. The lowest BCUT2D eigenvalue weighted by molar-refractivity contribution is -0.118. The molecule has 7 heteroatoms. The second-order valence-corrected chi connectivity index (χ2v) is 6.41. The van der Waals surface area contributed by atoms with Gasteiger partial charge in [0.15, 0.2) is 6.61 Å². The van der Waals surface area contributed by atoms with Crippen molar-refractivity contribution in [3.05, 3.63) is 50.4 Å². The maximum Gasteiger partial charge on any atom is 0.262 e. The fourth-order valence-corrected chi connectivity index (χ4v) is 2.80. The third-order valence-electron chi connectivity index (χ3n) is 3.01. The van der Waals surface area contributed by atoms with Gasteiger partial charge in [0.1, 0.15) is 11.5 Å². The number of hydrogen-bond acceptors (Lipinski definition) is 3. The number of hydrogen-bond donors (Lipinski definition) is 1. The summed E-state index contributed by atoms with van der Waals surface area (Å²) in [5, 5.41) is 3.89. The van der Waals surface area contributed by atoms with E-state index in [4.69, 9.17) is 32.7 Å².